The first-order valence-corrected chi connectivity index (χ1v) is 11.9. The second-order valence-electron chi connectivity index (χ2n) is 7.40. The number of nitrogens with two attached hydrogens (primary N) is 1. The van der Waals surface area contributed by atoms with Gasteiger partial charge in [0.2, 0.25) is 10.0 Å². The molecule has 4 heterocycles. The number of aromatic nitrogens is 4. The maximum absolute atomic E-state index is 11.6. The molecular weight excluding hydrogens is 410 g/mol. The minimum absolute atomic E-state index is 0. The highest BCUT2D eigenvalue weighted by Gasteiger charge is 2.26. The molecule has 11 heteroatoms. The lowest BCUT2D eigenvalue weighted by Crippen LogP contribution is -2.19. The van der Waals surface area contributed by atoms with Crippen LogP contribution >= 0.6 is 11.3 Å². The molecule has 0 amide bonds. The second-order valence-corrected chi connectivity index (χ2v) is 10.3. The molecule has 0 bridgehead atoms. The van der Waals surface area contributed by atoms with Crippen molar-refractivity contribution >= 4 is 38.8 Å². The fourth-order valence-corrected chi connectivity index (χ4v) is 5.11. The number of anilines is 3. The third-order valence-electron chi connectivity index (χ3n) is 5.10. The van der Waals surface area contributed by atoms with Crippen LogP contribution in [0.1, 0.15) is 38.7 Å². The largest absolute Gasteiger partial charge is 0.356 e. The predicted octanol–water partition coefficient (Wildman–Crippen LogP) is 3.04. The van der Waals surface area contributed by atoms with Crippen molar-refractivity contribution in [3.05, 3.63) is 30.0 Å². The van der Waals surface area contributed by atoms with Gasteiger partial charge in [0.05, 0.1) is 4.88 Å². The lowest BCUT2D eigenvalue weighted by molar-refractivity contribution is 0.600. The van der Waals surface area contributed by atoms with Gasteiger partial charge in [-0.25, -0.2) is 23.5 Å². The summed E-state index contributed by atoms with van der Waals surface area (Å²) in [4.78, 5) is 12.2. The van der Waals surface area contributed by atoms with Gasteiger partial charge in [-0.2, -0.15) is 5.10 Å². The van der Waals surface area contributed by atoms with Crippen molar-refractivity contribution in [1.29, 1.82) is 0 Å². The van der Waals surface area contributed by atoms with Crippen molar-refractivity contribution < 1.29 is 9.84 Å². The number of primary sulfonamides is 1. The van der Waals surface area contributed by atoms with E-state index >= 15 is 0 Å². The van der Waals surface area contributed by atoms with Crippen LogP contribution in [0.2, 0.25) is 0 Å². The fourth-order valence-electron chi connectivity index (χ4n) is 3.45. The molecule has 0 atom stereocenters. The third kappa shape index (κ3) is 3.98. The molecule has 1 aliphatic heterocycles. The Morgan fingerprint density at radius 2 is 1.97 bits per heavy atom. The Balaban J connectivity index is 0.00000218. The number of H-pyrrole nitrogens is 1. The molecule has 0 unspecified atom stereocenters. The Morgan fingerprint density at radius 1 is 1.17 bits per heavy atom. The summed E-state index contributed by atoms with van der Waals surface area (Å²) in [6.07, 6.45) is 4.65. The number of sulfonamides is 1. The van der Waals surface area contributed by atoms with Crippen LogP contribution in [0.25, 0.3) is 10.7 Å². The van der Waals surface area contributed by atoms with Crippen molar-refractivity contribution in [2.24, 2.45) is 5.14 Å². The summed E-state index contributed by atoms with van der Waals surface area (Å²) >= 11 is 1.07. The maximum atomic E-state index is 11.6. The highest BCUT2D eigenvalue weighted by molar-refractivity contribution is 7.91. The van der Waals surface area contributed by atoms with Crippen molar-refractivity contribution in [3.8, 4) is 10.7 Å². The minimum Gasteiger partial charge on any atom is -0.356 e. The normalized spacial score (nSPS) is 17.1. The highest BCUT2D eigenvalue weighted by atomic mass is 32.2. The van der Waals surface area contributed by atoms with Gasteiger partial charge in [0.1, 0.15) is 15.8 Å². The number of aromatic amines is 1. The van der Waals surface area contributed by atoms with E-state index in [1.165, 1.54) is 18.9 Å². The van der Waals surface area contributed by atoms with Gasteiger partial charge in [0.15, 0.2) is 11.6 Å². The summed E-state index contributed by atoms with van der Waals surface area (Å²) in [5, 5.41) is 15.9. The molecule has 1 saturated heterocycles. The average molecular weight is 434 g/mol. The summed E-state index contributed by atoms with van der Waals surface area (Å²) in [5.41, 5.74) is 1.14. The van der Waals surface area contributed by atoms with Crippen LogP contribution in [0.5, 0.6) is 0 Å². The molecule has 4 N–H and O–H groups in total. The number of rotatable bonds is 6. The van der Waals surface area contributed by atoms with E-state index in [0.717, 1.165) is 48.8 Å². The number of thiophene rings is 1. The molecular formula is C18H23N7O2S2. The number of hydrogen-bond acceptors (Lipinski definition) is 8. The van der Waals surface area contributed by atoms with Crippen LogP contribution in [0.15, 0.2) is 28.5 Å². The second kappa shape index (κ2) is 7.08. The summed E-state index contributed by atoms with van der Waals surface area (Å²) in [6.45, 7) is 1.88. The van der Waals surface area contributed by atoms with Crippen molar-refractivity contribution in [1.82, 2.24) is 20.2 Å². The zero-order chi connectivity index (χ0) is 20.0. The monoisotopic (exact) mass is 433 g/mol. The molecule has 29 heavy (non-hydrogen) atoms. The fraction of sp³-hybridized carbons (Fsp3) is 0.389. The Kier molecular flexibility index (Phi) is 4.52. The van der Waals surface area contributed by atoms with Crippen LogP contribution in [-0.2, 0) is 10.0 Å². The van der Waals surface area contributed by atoms with Crippen LogP contribution in [0.3, 0.4) is 0 Å². The van der Waals surface area contributed by atoms with Gasteiger partial charge in [-0.3, -0.25) is 5.10 Å². The Hall–Kier alpha value is -2.50. The standard InChI is InChI=1S/C18H21N7O2S2.H2/c19-29(26,27)17-6-5-13(28-17)18-21-14(10-16(22-18)25-7-1-2-8-25)20-15-9-12(23-24-15)11-3-4-11;/h5-6,9-11H,1-4,7-8H2,(H2,19,26,27)(H2,20,21,22,23,24);1H. The molecule has 3 aromatic rings. The summed E-state index contributed by atoms with van der Waals surface area (Å²) in [6, 6.07) is 7.11. The first-order valence-electron chi connectivity index (χ1n) is 9.55. The van der Waals surface area contributed by atoms with Crippen LogP contribution in [0, 0.1) is 0 Å². The van der Waals surface area contributed by atoms with E-state index in [2.05, 4.69) is 30.4 Å². The summed E-state index contributed by atoms with van der Waals surface area (Å²) < 4.78 is 23.4. The zero-order valence-electron chi connectivity index (χ0n) is 15.6. The molecule has 1 saturated carbocycles. The molecule has 154 valence electrons. The van der Waals surface area contributed by atoms with E-state index in [0.29, 0.717) is 28.3 Å². The lowest BCUT2D eigenvalue weighted by Gasteiger charge is -2.18. The molecule has 0 aromatic carbocycles. The summed E-state index contributed by atoms with van der Waals surface area (Å²) in [7, 11) is -3.75. The van der Waals surface area contributed by atoms with Crippen LogP contribution < -0.4 is 15.4 Å². The first kappa shape index (κ1) is 18.5. The molecule has 0 spiro atoms. The summed E-state index contributed by atoms with van der Waals surface area (Å²) in [5.74, 6) is 3.20. The average Bonchev–Trinajstić information content (AvgIpc) is 3.11. The van der Waals surface area contributed by atoms with E-state index in [-0.39, 0.29) is 5.64 Å². The van der Waals surface area contributed by atoms with Gasteiger partial charge in [-0.15, -0.1) is 11.3 Å². The van der Waals surface area contributed by atoms with Crippen LogP contribution in [-0.4, -0.2) is 41.7 Å². The van der Waals surface area contributed by atoms with Crippen molar-refractivity contribution in [3.63, 3.8) is 0 Å². The molecule has 1 aliphatic carbocycles. The maximum Gasteiger partial charge on any atom is 0.247 e. The smallest absolute Gasteiger partial charge is 0.247 e. The van der Waals surface area contributed by atoms with Gasteiger partial charge in [-0.1, -0.05) is 0 Å². The van der Waals surface area contributed by atoms with E-state index in [4.69, 9.17) is 5.14 Å². The Morgan fingerprint density at radius 3 is 2.66 bits per heavy atom. The quantitative estimate of drug-likeness (QED) is 0.545. The molecule has 0 radical (unpaired) electrons. The highest BCUT2D eigenvalue weighted by Crippen LogP contribution is 2.40. The zero-order valence-corrected chi connectivity index (χ0v) is 17.3. The predicted molar refractivity (Wildman–Crippen MR) is 114 cm³/mol. The van der Waals surface area contributed by atoms with Crippen molar-refractivity contribution in [2.75, 3.05) is 23.3 Å². The van der Waals surface area contributed by atoms with Crippen LogP contribution in [0.4, 0.5) is 17.5 Å². The van der Waals surface area contributed by atoms with Crippen molar-refractivity contribution in [2.45, 2.75) is 35.8 Å². The number of nitrogens with one attached hydrogen (secondary N) is 2. The van der Waals surface area contributed by atoms with Gasteiger partial charge < -0.3 is 10.2 Å². The van der Waals surface area contributed by atoms with E-state index in [9.17, 15) is 8.42 Å². The van der Waals surface area contributed by atoms with Gasteiger partial charge in [-0.05, 0) is 37.8 Å². The van der Waals surface area contributed by atoms with E-state index < -0.39 is 10.0 Å². The SMILES string of the molecule is NS(=O)(=O)c1ccc(-c2nc(Nc3cc(C4CC4)[nH]n3)cc(N3CCCC3)n2)s1.[HH]. The van der Waals surface area contributed by atoms with E-state index in [1.807, 2.05) is 12.1 Å². The molecule has 2 fully saturated rings. The van der Waals surface area contributed by atoms with Gasteiger partial charge >= 0.3 is 0 Å². The number of nitrogens with zero attached hydrogens (tertiary/aromatic N) is 4. The molecule has 3 aromatic heterocycles. The van der Waals surface area contributed by atoms with E-state index in [1.54, 1.807) is 6.07 Å². The molecule has 5 rings (SSSR count). The number of hydrogen-bond donors (Lipinski definition) is 3. The Bertz CT molecular complexity index is 1150. The van der Waals surface area contributed by atoms with Gasteiger partial charge in [0.25, 0.3) is 0 Å². The third-order valence-corrected chi connectivity index (χ3v) is 7.62. The Labute approximate surface area is 173 Å². The minimum atomic E-state index is -3.75. The lowest BCUT2D eigenvalue weighted by atomic mass is 10.3. The molecule has 9 nitrogen and oxygen atoms in total. The van der Waals surface area contributed by atoms with Gasteiger partial charge in [0, 0.05) is 38.3 Å². The molecule has 2 aliphatic rings. The first-order chi connectivity index (χ1) is 14.0. The topological polar surface area (TPSA) is 130 Å².